The first kappa shape index (κ1) is 17.5. The Morgan fingerprint density at radius 3 is 2.78 bits per heavy atom. The van der Waals surface area contributed by atoms with Crippen LogP contribution in [-0.4, -0.2) is 43.4 Å². The van der Waals surface area contributed by atoms with Crippen molar-refractivity contribution >= 4 is 34.4 Å². The molecule has 8 heteroatoms. The summed E-state index contributed by atoms with van der Waals surface area (Å²) in [4.78, 5) is 19.3. The molecular formula is C15H21ClN4O3. The fourth-order valence-electron chi connectivity index (χ4n) is 2.67. The summed E-state index contributed by atoms with van der Waals surface area (Å²) in [6.45, 7) is 6.18. The quantitative estimate of drug-likeness (QED) is 0.669. The number of nitrogens with zero attached hydrogens (tertiary/aromatic N) is 3. The molecule has 0 aliphatic heterocycles. The zero-order valence-corrected chi connectivity index (χ0v) is 14.1. The molecule has 2 aromatic rings. The van der Waals surface area contributed by atoms with E-state index < -0.39 is 12.1 Å². The van der Waals surface area contributed by atoms with E-state index in [1.165, 1.54) is 0 Å². The maximum absolute atomic E-state index is 11.0. The number of anilines is 1. The number of aliphatic hydroxyl groups excluding tert-OH is 1. The van der Waals surface area contributed by atoms with Crippen LogP contribution in [0.2, 0.25) is 5.28 Å². The molecule has 3 N–H and O–H groups in total. The highest BCUT2D eigenvalue weighted by molar-refractivity contribution is 6.28. The van der Waals surface area contributed by atoms with Gasteiger partial charge in [-0.15, -0.1) is 0 Å². The number of hydrogen-bond acceptors (Lipinski definition) is 5. The number of carboxylic acid groups (broad SMARTS) is 1. The van der Waals surface area contributed by atoms with E-state index in [2.05, 4.69) is 15.3 Å². The number of carboxylic acids is 1. The van der Waals surface area contributed by atoms with Crippen LogP contribution in [0.15, 0.2) is 12.3 Å². The Morgan fingerprint density at radius 2 is 2.17 bits per heavy atom. The number of aliphatic carboxylic acids is 1. The van der Waals surface area contributed by atoms with E-state index in [1.54, 1.807) is 23.8 Å². The van der Waals surface area contributed by atoms with E-state index in [0.29, 0.717) is 29.8 Å². The van der Waals surface area contributed by atoms with Gasteiger partial charge in [-0.25, -0.2) is 4.98 Å². The molecule has 1 unspecified atom stereocenters. The number of rotatable bonds is 7. The van der Waals surface area contributed by atoms with Crippen molar-refractivity contribution in [2.75, 3.05) is 11.9 Å². The highest BCUT2D eigenvalue weighted by atomic mass is 35.5. The highest BCUT2D eigenvalue weighted by Gasteiger charge is 2.21. The normalized spacial score (nSPS) is 13.3. The van der Waals surface area contributed by atoms with Crippen molar-refractivity contribution in [1.82, 2.24) is 14.5 Å². The van der Waals surface area contributed by atoms with E-state index in [1.807, 2.05) is 13.8 Å². The maximum Gasteiger partial charge on any atom is 0.323 e. The summed E-state index contributed by atoms with van der Waals surface area (Å²) < 4.78 is 1.57. The molecule has 0 aliphatic rings. The van der Waals surface area contributed by atoms with Crippen molar-refractivity contribution < 1.29 is 15.0 Å². The van der Waals surface area contributed by atoms with Gasteiger partial charge in [0.2, 0.25) is 5.28 Å². The average Bonchev–Trinajstić information content (AvgIpc) is 2.76. The molecular weight excluding hydrogens is 320 g/mol. The third-order valence-corrected chi connectivity index (χ3v) is 3.64. The van der Waals surface area contributed by atoms with Crippen molar-refractivity contribution in [3.05, 3.63) is 17.5 Å². The number of aromatic nitrogens is 3. The zero-order chi connectivity index (χ0) is 17.2. The largest absolute Gasteiger partial charge is 0.480 e. The zero-order valence-electron chi connectivity index (χ0n) is 13.4. The average molecular weight is 341 g/mol. The molecule has 126 valence electrons. The van der Waals surface area contributed by atoms with E-state index in [0.717, 1.165) is 0 Å². The van der Waals surface area contributed by atoms with Crippen LogP contribution in [-0.2, 0) is 11.3 Å². The lowest BCUT2D eigenvalue weighted by atomic mass is 9.87. The summed E-state index contributed by atoms with van der Waals surface area (Å²) in [6, 6.07) is 1.71. The van der Waals surface area contributed by atoms with Gasteiger partial charge < -0.3 is 20.1 Å². The summed E-state index contributed by atoms with van der Waals surface area (Å²) in [6.07, 6.45) is 1.87. The third kappa shape index (κ3) is 4.56. The van der Waals surface area contributed by atoms with Crippen LogP contribution in [0.4, 0.5) is 5.82 Å². The predicted molar refractivity (Wildman–Crippen MR) is 88.7 cm³/mol. The summed E-state index contributed by atoms with van der Waals surface area (Å²) in [5.41, 5.74) is 1.02. The highest BCUT2D eigenvalue weighted by Crippen LogP contribution is 2.27. The van der Waals surface area contributed by atoms with Gasteiger partial charge in [-0.3, -0.25) is 4.79 Å². The SMILES string of the molecule is CC(O)CC(C)(C)CNc1nc(Cl)nc2ccn(CC(=O)O)c12. The van der Waals surface area contributed by atoms with Gasteiger partial charge in [0, 0.05) is 12.7 Å². The Balaban J connectivity index is 2.31. The summed E-state index contributed by atoms with van der Waals surface area (Å²) in [5, 5.41) is 21.9. The molecule has 0 aliphatic carbocycles. The lowest BCUT2D eigenvalue weighted by molar-refractivity contribution is -0.137. The minimum Gasteiger partial charge on any atom is -0.480 e. The number of hydrogen-bond donors (Lipinski definition) is 3. The Kier molecular flexibility index (Phi) is 5.11. The van der Waals surface area contributed by atoms with E-state index >= 15 is 0 Å². The van der Waals surface area contributed by atoms with Gasteiger partial charge in [0.05, 0.1) is 11.6 Å². The Labute approximate surface area is 139 Å². The summed E-state index contributed by atoms with van der Waals surface area (Å²) in [5.74, 6) is -0.456. The molecule has 0 aromatic carbocycles. The van der Waals surface area contributed by atoms with Crippen molar-refractivity contribution in [2.24, 2.45) is 5.41 Å². The van der Waals surface area contributed by atoms with Gasteiger partial charge in [-0.2, -0.15) is 4.98 Å². The van der Waals surface area contributed by atoms with E-state index in [9.17, 15) is 9.90 Å². The number of halogens is 1. The van der Waals surface area contributed by atoms with Crippen molar-refractivity contribution in [1.29, 1.82) is 0 Å². The molecule has 23 heavy (non-hydrogen) atoms. The molecule has 0 radical (unpaired) electrons. The van der Waals surface area contributed by atoms with Gasteiger partial charge in [-0.1, -0.05) is 13.8 Å². The molecule has 0 saturated carbocycles. The fraction of sp³-hybridized carbons (Fsp3) is 0.533. The maximum atomic E-state index is 11.0. The molecule has 0 saturated heterocycles. The number of fused-ring (bicyclic) bond motifs is 1. The van der Waals surface area contributed by atoms with Crippen molar-refractivity contribution in [2.45, 2.75) is 39.8 Å². The summed E-state index contributed by atoms with van der Waals surface area (Å²) >= 11 is 5.95. The third-order valence-electron chi connectivity index (χ3n) is 3.47. The molecule has 0 bridgehead atoms. The van der Waals surface area contributed by atoms with Gasteiger partial charge in [0.25, 0.3) is 0 Å². The molecule has 2 rings (SSSR count). The lowest BCUT2D eigenvalue weighted by Gasteiger charge is -2.26. The molecule has 1 atom stereocenters. The number of nitrogens with one attached hydrogen (secondary N) is 1. The first-order valence-electron chi connectivity index (χ1n) is 7.34. The van der Waals surface area contributed by atoms with E-state index in [-0.39, 0.29) is 17.2 Å². The number of aliphatic hydroxyl groups is 1. The van der Waals surface area contributed by atoms with Crippen LogP contribution < -0.4 is 5.32 Å². The second kappa shape index (κ2) is 6.72. The molecule has 2 heterocycles. The second-order valence-electron chi connectivity index (χ2n) is 6.48. The van der Waals surface area contributed by atoms with Gasteiger partial charge in [0.15, 0.2) is 5.82 Å². The minimum absolute atomic E-state index is 0.0985. The Hall–Kier alpha value is -1.86. The van der Waals surface area contributed by atoms with Gasteiger partial charge >= 0.3 is 5.97 Å². The Bertz CT molecular complexity index is 712. The monoisotopic (exact) mass is 340 g/mol. The van der Waals surface area contributed by atoms with Crippen LogP contribution in [0.3, 0.4) is 0 Å². The first-order chi connectivity index (χ1) is 10.7. The lowest BCUT2D eigenvalue weighted by Crippen LogP contribution is -2.27. The van der Waals surface area contributed by atoms with Crippen molar-refractivity contribution in [3.8, 4) is 0 Å². The van der Waals surface area contributed by atoms with Crippen LogP contribution >= 0.6 is 11.6 Å². The second-order valence-corrected chi connectivity index (χ2v) is 6.82. The molecule has 2 aromatic heterocycles. The fourth-order valence-corrected chi connectivity index (χ4v) is 2.85. The Morgan fingerprint density at radius 1 is 1.48 bits per heavy atom. The predicted octanol–water partition coefficient (Wildman–Crippen LogP) is 2.38. The van der Waals surface area contributed by atoms with Gasteiger partial charge in [-0.05, 0) is 36.4 Å². The number of carbonyl (C=O) groups is 1. The first-order valence-corrected chi connectivity index (χ1v) is 7.72. The summed E-state index contributed by atoms with van der Waals surface area (Å²) in [7, 11) is 0. The molecule has 0 amide bonds. The van der Waals surface area contributed by atoms with Crippen LogP contribution in [0.25, 0.3) is 11.0 Å². The minimum atomic E-state index is -0.946. The van der Waals surface area contributed by atoms with Crippen LogP contribution in [0, 0.1) is 5.41 Å². The smallest absolute Gasteiger partial charge is 0.323 e. The topological polar surface area (TPSA) is 100 Å². The van der Waals surface area contributed by atoms with E-state index in [4.69, 9.17) is 16.7 Å². The molecule has 0 spiro atoms. The molecule has 0 fully saturated rings. The van der Waals surface area contributed by atoms with Crippen LogP contribution in [0.5, 0.6) is 0 Å². The van der Waals surface area contributed by atoms with Crippen LogP contribution in [0.1, 0.15) is 27.2 Å². The molecule has 7 nitrogen and oxygen atoms in total. The van der Waals surface area contributed by atoms with Crippen molar-refractivity contribution in [3.63, 3.8) is 0 Å². The standard InChI is InChI=1S/C15H21ClN4O3/c1-9(21)6-15(2,3)8-17-13-12-10(18-14(16)19-13)4-5-20(12)7-11(22)23/h4-5,9,21H,6-8H2,1-3H3,(H,22,23)(H,17,18,19). The van der Waals surface area contributed by atoms with Gasteiger partial charge in [0.1, 0.15) is 12.1 Å².